The van der Waals surface area contributed by atoms with Crippen molar-refractivity contribution in [3.63, 3.8) is 0 Å². The summed E-state index contributed by atoms with van der Waals surface area (Å²) in [6, 6.07) is 12.5. The summed E-state index contributed by atoms with van der Waals surface area (Å²) < 4.78 is 6.74. The highest BCUT2D eigenvalue weighted by Crippen LogP contribution is 2.19. The fourth-order valence-corrected chi connectivity index (χ4v) is 2.61. The molecule has 0 aliphatic heterocycles. The number of aliphatic hydroxyl groups is 1. The first-order chi connectivity index (χ1) is 12.1. The third kappa shape index (κ3) is 4.13. The van der Waals surface area contributed by atoms with Crippen LogP contribution < -0.4 is 0 Å². The van der Waals surface area contributed by atoms with Gasteiger partial charge in [-0.3, -0.25) is 4.79 Å². The fraction of sp³-hybridized carbons (Fsp3) is 0.278. The van der Waals surface area contributed by atoms with E-state index in [-0.39, 0.29) is 12.5 Å². The molecule has 3 aromatic rings. The maximum atomic E-state index is 12.9. The monoisotopic (exact) mass is 340 g/mol. The van der Waals surface area contributed by atoms with Crippen LogP contribution in [0.15, 0.2) is 65.8 Å². The van der Waals surface area contributed by atoms with Crippen LogP contribution in [0, 0.1) is 0 Å². The van der Waals surface area contributed by atoms with Crippen LogP contribution in [0.25, 0.3) is 0 Å². The maximum Gasteiger partial charge on any atom is 0.247 e. The van der Waals surface area contributed by atoms with Crippen LogP contribution in [0.3, 0.4) is 0 Å². The van der Waals surface area contributed by atoms with Crippen molar-refractivity contribution >= 4 is 5.91 Å². The predicted molar refractivity (Wildman–Crippen MR) is 90.3 cm³/mol. The fourth-order valence-electron chi connectivity index (χ4n) is 2.61. The number of carbonyl (C=O) groups excluding carboxylic acids is 1. The summed E-state index contributed by atoms with van der Waals surface area (Å²) in [5.74, 6) is 0.277. The molecule has 2 heterocycles. The molecule has 7 heteroatoms. The van der Waals surface area contributed by atoms with Gasteiger partial charge in [0.1, 0.15) is 30.6 Å². The van der Waals surface area contributed by atoms with Crippen LogP contribution in [-0.4, -0.2) is 37.2 Å². The van der Waals surface area contributed by atoms with Gasteiger partial charge in [-0.2, -0.15) is 5.10 Å². The molecule has 3 rings (SSSR count). The lowest BCUT2D eigenvalue weighted by molar-refractivity contribution is -0.137. The maximum absolute atomic E-state index is 12.9. The Morgan fingerprint density at radius 3 is 2.72 bits per heavy atom. The van der Waals surface area contributed by atoms with E-state index in [2.05, 4.69) is 10.1 Å². The van der Waals surface area contributed by atoms with Crippen molar-refractivity contribution < 1.29 is 14.3 Å². The number of furan rings is 1. The van der Waals surface area contributed by atoms with Gasteiger partial charge >= 0.3 is 0 Å². The number of benzene rings is 1. The van der Waals surface area contributed by atoms with E-state index in [1.807, 2.05) is 30.3 Å². The van der Waals surface area contributed by atoms with Crippen molar-refractivity contribution in [3.8, 4) is 0 Å². The van der Waals surface area contributed by atoms with Gasteiger partial charge in [-0.05, 0) is 24.6 Å². The van der Waals surface area contributed by atoms with Gasteiger partial charge in [0.05, 0.1) is 12.8 Å². The minimum Gasteiger partial charge on any atom is -0.467 e. The molecule has 1 aromatic carbocycles. The Morgan fingerprint density at radius 1 is 1.28 bits per heavy atom. The summed E-state index contributed by atoms with van der Waals surface area (Å²) in [6.45, 7) is 2.27. The van der Waals surface area contributed by atoms with Crippen molar-refractivity contribution in [2.24, 2.45) is 0 Å². The molecule has 2 atom stereocenters. The molecule has 0 spiro atoms. The molecule has 0 fully saturated rings. The van der Waals surface area contributed by atoms with E-state index in [1.165, 1.54) is 23.6 Å². The minimum absolute atomic E-state index is 0.125. The lowest BCUT2D eigenvalue weighted by atomic mass is 10.1. The first-order valence-corrected chi connectivity index (χ1v) is 8.03. The van der Waals surface area contributed by atoms with Crippen molar-refractivity contribution in [1.82, 2.24) is 19.7 Å². The van der Waals surface area contributed by atoms with Crippen molar-refractivity contribution in [1.29, 1.82) is 0 Å². The molecule has 25 heavy (non-hydrogen) atoms. The number of amides is 1. The number of hydrogen-bond acceptors (Lipinski definition) is 5. The second-order valence-corrected chi connectivity index (χ2v) is 5.79. The Hall–Kier alpha value is -2.93. The molecule has 0 saturated carbocycles. The molecule has 0 radical (unpaired) electrons. The summed E-state index contributed by atoms with van der Waals surface area (Å²) in [6.07, 6.45) is 3.50. The Bertz CT molecular complexity index is 772. The zero-order valence-electron chi connectivity index (χ0n) is 13.9. The lowest BCUT2D eigenvalue weighted by Gasteiger charge is -2.27. The predicted octanol–water partition coefficient (Wildman–Crippen LogP) is 2.19. The van der Waals surface area contributed by atoms with Crippen LogP contribution in [0.2, 0.25) is 0 Å². The van der Waals surface area contributed by atoms with Crippen LogP contribution in [0.5, 0.6) is 0 Å². The summed E-state index contributed by atoms with van der Waals surface area (Å²) in [5, 5.41) is 14.4. The van der Waals surface area contributed by atoms with Gasteiger partial charge in [-0.25, -0.2) is 9.67 Å². The van der Waals surface area contributed by atoms with Crippen LogP contribution >= 0.6 is 0 Å². The highest BCUT2D eigenvalue weighted by Gasteiger charge is 2.26. The minimum atomic E-state index is -0.898. The molecule has 0 aliphatic carbocycles. The van der Waals surface area contributed by atoms with E-state index in [1.54, 1.807) is 24.0 Å². The quantitative estimate of drug-likeness (QED) is 0.713. The number of rotatable bonds is 7. The lowest BCUT2D eigenvalue weighted by Crippen LogP contribution is -2.38. The second kappa shape index (κ2) is 7.76. The molecule has 130 valence electrons. The summed E-state index contributed by atoms with van der Waals surface area (Å²) in [7, 11) is 0. The van der Waals surface area contributed by atoms with E-state index < -0.39 is 12.1 Å². The molecule has 1 amide bonds. The zero-order valence-corrected chi connectivity index (χ0v) is 13.9. The van der Waals surface area contributed by atoms with Gasteiger partial charge in [-0.1, -0.05) is 30.3 Å². The van der Waals surface area contributed by atoms with Crippen molar-refractivity contribution in [2.45, 2.75) is 25.6 Å². The van der Waals surface area contributed by atoms with Crippen LogP contribution in [-0.2, 0) is 11.3 Å². The summed E-state index contributed by atoms with van der Waals surface area (Å²) in [5.41, 5.74) is 0.980. The number of hydrogen-bond donors (Lipinski definition) is 1. The first-order valence-electron chi connectivity index (χ1n) is 8.03. The SMILES string of the molecule is CC(C(=O)N(Cc1ccccc1)CC(O)c1ccco1)n1cncn1. The number of carbonyl (C=O) groups is 1. The molecule has 2 unspecified atom stereocenters. The van der Waals surface area contributed by atoms with Gasteiger partial charge in [0.15, 0.2) is 0 Å². The van der Waals surface area contributed by atoms with Gasteiger partial charge < -0.3 is 14.4 Å². The van der Waals surface area contributed by atoms with Crippen molar-refractivity contribution in [2.75, 3.05) is 6.54 Å². The standard InChI is InChI=1S/C18H20N4O3/c1-14(22-13-19-12-20-22)18(24)21(10-15-6-3-2-4-7-15)11-16(23)17-8-5-9-25-17/h2-9,12-14,16,23H,10-11H2,1H3. The highest BCUT2D eigenvalue weighted by molar-refractivity contribution is 5.80. The Labute approximate surface area is 145 Å². The Balaban J connectivity index is 1.79. The van der Waals surface area contributed by atoms with Gasteiger partial charge in [0.25, 0.3) is 0 Å². The average molecular weight is 340 g/mol. The molecular weight excluding hydrogens is 320 g/mol. The Kier molecular flexibility index (Phi) is 5.25. The van der Waals surface area contributed by atoms with Crippen molar-refractivity contribution in [3.05, 3.63) is 72.7 Å². The van der Waals surface area contributed by atoms with Gasteiger partial charge in [-0.15, -0.1) is 0 Å². The van der Waals surface area contributed by atoms with E-state index >= 15 is 0 Å². The zero-order chi connectivity index (χ0) is 17.6. The smallest absolute Gasteiger partial charge is 0.247 e. The van der Waals surface area contributed by atoms with Gasteiger partial charge in [0.2, 0.25) is 5.91 Å². The Morgan fingerprint density at radius 2 is 2.08 bits per heavy atom. The largest absolute Gasteiger partial charge is 0.467 e. The molecular formula is C18H20N4O3. The number of aliphatic hydroxyl groups excluding tert-OH is 1. The normalized spacial score (nSPS) is 13.4. The van der Waals surface area contributed by atoms with Crippen LogP contribution in [0.4, 0.5) is 0 Å². The average Bonchev–Trinajstić information content (AvgIpc) is 3.34. The van der Waals surface area contributed by atoms with E-state index in [0.717, 1.165) is 5.56 Å². The summed E-state index contributed by atoms with van der Waals surface area (Å²) >= 11 is 0. The molecule has 0 saturated heterocycles. The number of nitrogens with zero attached hydrogens (tertiary/aromatic N) is 4. The molecule has 1 N–H and O–H groups in total. The third-order valence-corrected chi connectivity index (χ3v) is 3.98. The third-order valence-electron chi connectivity index (χ3n) is 3.98. The van der Waals surface area contributed by atoms with E-state index in [0.29, 0.717) is 12.3 Å². The highest BCUT2D eigenvalue weighted by atomic mass is 16.4. The summed E-state index contributed by atoms with van der Waals surface area (Å²) in [4.78, 5) is 18.4. The topological polar surface area (TPSA) is 84.4 Å². The molecule has 0 aliphatic rings. The molecule has 7 nitrogen and oxygen atoms in total. The second-order valence-electron chi connectivity index (χ2n) is 5.79. The molecule has 0 bridgehead atoms. The van der Waals surface area contributed by atoms with E-state index in [9.17, 15) is 9.90 Å². The molecule has 2 aromatic heterocycles. The van der Waals surface area contributed by atoms with Crippen LogP contribution in [0.1, 0.15) is 30.4 Å². The number of aromatic nitrogens is 3. The first kappa shape index (κ1) is 16.9. The van der Waals surface area contributed by atoms with Gasteiger partial charge in [0, 0.05) is 6.54 Å². The van der Waals surface area contributed by atoms with E-state index in [4.69, 9.17) is 4.42 Å².